The fraction of sp³-hybridized carbons (Fsp3) is 0.231. The van der Waals surface area contributed by atoms with Crippen LogP contribution in [-0.4, -0.2) is 18.1 Å². The third-order valence-electron chi connectivity index (χ3n) is 2.68. The van der Waals surface area contributed by atoms with E-state index in [1.54, 1.807) is 24.5 Å². The van der Waals surface area contributed by atoms with Crippen molar-refractivity contribution in [3.05, 3.63) is 42.0 Å². The molecule has 17 heavy (non-hydrogen) atoms. The van der Waals surface area contributed by atoms with E-state index in [-0.39, 0.29) is 18.2 Å². The minimum Gasteiger partial charge on any atom is -0.469 e. The molecule has 0 saturated carbocycles. The van der Waals surface area contributed by atoms with Gasteiger partial charge >= 0.3 is 5.97 Å². The summed E-state index contributed by atoms with van der Waals surface area (Å²) in [6.07, 6.45) is 3.80. The van der Waals surface area contributed by atoms with Crippen molar-refractivity contribution in [1.82, 2.24) is 4.98 Å². The predicted molar refractivity (Wildman–Crippen MR) is 62.0 cm³/mol. The van der Waals surface area contributed by atoms with E-state index in [9.17, 15) is 9.18 Å². The summed E-state index contributed by atoms with van der Waals surface area (Å²) in [5.41, 5.74) is 0.537. The van der Waals surface area contributed by atoms with Gasteiger partial charge in [0.1, 0.15) is 5.82 Å². The first-order chi connectivity index (χ1) is 8.22. The monoisotopic (exact) mass is 233 g/mol. The molecule has 0 bridgehead atoms. The number of carbonyl (C=O) groups is 1. The molecule has 0 N–H and O–H groups in total. The van der Waals surface area contributed by atoms with Gasteiger partial charge in [-0.1, -0.05) is 0 Å². The van der Waals surface area contributed by atoms with Crippen molar-refractivity contribution in [3.63, 3.8) is 0 Å². The van der Waals surface area contributed by atoms with Crippen molar-refractivity contribution in [2.45, 2.75) is 12.8 Å². The van der Waals surface area contributed by atoms with Crippen molar-refractivity contribution >= 4 is 16.7 Å². The Morgan fingerprint density at radius 3 is 3.00 bits per heavy atom. The second kappa shape index (κ2) is 4.91. The molecule has 1 aromatic carbocycles. The van der Waals surface area contributed by atoms with Crippen LogP contribution in [-0.2, 0) is 16.0 Å². The Morgan fingerprint density at radius 1 is 1.41 bits per heavy atom. The first-order valence-electron chi connectivity index (χ1n) is 5.30. The number of methoxy groups -OCH3 is 1. The van der Waals surface area contributed by atoms with E-state index in [0.717, 1.165) is 10.8 Å². The van der Waals surface area contributed by atoms with Gasteiger partial charge in [0, 0.05) is 24.2 Å². The third kappa shape index (κ3) is 2.41. The van der Waals surface area contributed by atoms with Gasteiger partial charge in [0.25, 0.3) is 0 Å². The number of carbonyl (C=O) groups excluding carboxylic acids is 1. The molecule has 0 radical (unpaired) electrons. The topological polar surface area (TPSA) is 39.2 Å². The molecule has 0 atom stereocenters. The summed E-state index contributed by atoms with van der Waals surface area (Å²) in [4.78, 5) is 15.1. The maximum Gasteiger partial charge on any atom is 0.305 e. The van der Waals surface area contributed by atoms with Crippen molar-refractivity contribution in [3.8, 4) is 0 Å². The smallest absolute Gasteiger partial charge is 0.305 e. The number of rotatable bonds is 3. The lowest BCUT2D eigenvalue weighted by Gasteiger charge is -2.07. The van der Waals surface area contributed by atoms with Crippen molar-refractivity contribution in [2.75, 3.05) is 7.11 Å². The second-order valence-electron chi connectivity index (χ2n) is 3.70. The molecule has 0 spiro atoms. The van der Waals surface area contributed by atoms with Crippen LogP contribution >= 0.6 is 0 Å². The van der Waals surface area contributed by atoms with E-state index >= 15 is 0 Å². The zero-order chi connectivity index (χ0) is 12.3. The van der Waals surface area contributed by atoms with Crippen LogP contribution < -0.4 is 0 Å². The molecule has 0 aliphatic carbocycles. The number of pyridine rings is 1. The largest absolute Gasteiger partial charge is 0.469 e. The maximum absolute atomic E-state index is 13.7. The van der Waals surface area contributed by atoms with Crippen molar-refractivity contribution in [1.29, 1.82) is 0 Å². The van der Waals surface area contributed by atoms with Gasteiger partial charge in [0.2, 0.25) is 0 Å². The number of aryl methyl sites for hydroxylation is 1. The molecule has 0 aliphatic rings. The third-order valence-corrected chi connectivity index (χ3v) is 2.68. The van der Waals surface area contributed by atoms with Crippen LogP contribution in [0.4, 0.5) is 4.39 Å². The van der Waals surface area contributed by atoms with Crippen LogP contribution in [0.2, 0.25) is 0 Å². The summed E-state index contributed by atoms with van der Waals surface area (Å²) in [6, 6.07) is 4.83. The van der Waals surface area contributed by atoms with E-state index < -0.39 is 0 Å². The average molecular weight is 233 g/mol. The van der Waals surface area contributed by atoms with E-state index in [2.05, 4.69) is 9.72 Å². The van der Waals surface area contributed by atoms with Gasteiger partial charge in [-0.25, -0.2) is 4.39 Å². The lowest BCUT2D eigenvalue weighted by molar-refractivity contribution is -0.140. The Bertz CT molecular complexity index is 554. The summed E-state index contributed by atoms with van der Waals surface area (Å²) >= 11 is 0. The highest BCUT2D eigenvalue weighted by Gasteiger charge is 2.10. The van der Waals surface area contributed by atoms with Crippen LogP contribution in [0, 0.1) is 5.82 Å². The fourth-order valence-electron chi connectivity index (χ4n) is 1.79. The summed E-state index contributed by atoms with van der Waals surface area (Å²) in [5.74, 6) is -0.636. The normalized spacial score (nSPS) is 10.5. The zero-order valence-electron chi connectivity index (χ0n) is 9.44. The summed E-state index contributed by atoms with van der Waals surface area (Å²) in [7, 11) is 1.33. The Hall–Kier alpha value is -1.97. The van der Waals surface area contributed by atoms with Gasteiger partial charge in [-0.15, -0.1) is 0 Å². The highest BCUT2D eigenvalue weighted by atomic mass is 19.1. The summed E-state index contributed by atoms with van der Waals surface area (Å²) < 4.78 is 18.3. The first kappa shape index (κ1) is 11.5. The zero-order valence-corrected chi connectivity index (χ0v) is 9.44. The lowest BCUT2D eigenvalue weighted by Crippen LogP contribution is -2.03. The molecule has 1 aromatic heterocycles. The Labute approximate surface area is 98.2 Å². The number of benzene rings is 1. The van der Waals surface area contributed by atoms with Gasteiger partial charge in [0.15, 0.2) is 0 Å². The number of fused-ring (bicyclic) bond motifs is 1. The molecule has 1 heterocycles. The van der Waals surface area contributed by atoms with E-state index in [0.29, 0.717) is 12.0 Å². The SMILES string of the molecule is COC(=O)CCc1c(F)ccc2cnccc12. The molecule has 4 heteroatoms. The quantitative estimate of drug-likeness (QED) is 0.764. The minimum absolute atomic E-state index is 0.175. The van der Waals surface area contributed by atoms with Gasteiger partial charge in [-0.05, 0) is 35.6 Å². The number of hydrogen-bond acceptors (Lipinski definition) is 3. The molecular weight excluding hydrogens is 221 g/mol. The van der Waals surface area contributed by atoms with Crippen LogP contribution in [0.3, 0.4) is 0 Å². The Kier molecular flexibility index (Phi) is 3.32. The number of nitrogens with zero attached hydrogens (tertiary/aromatic N) is 1. The number of hydrogen-bond donors (Lipinski definition) is 0. The van der Waals surface area contributed by atoms with Crippen LogP contribution in [0.1, 0.15) is 12.0 Å². The lowest BCUT2D eigenvalue weighted by atomic mass is 10.0. The molecule has 0 amide bonds. The number of esters is 1. The van der Waals surface area contributed by atoms with Gasteiger partial charge < -0.3 is 4.74 Å². The average Bonchev–Trinajstić information content (AvgIpc) is 2.37. The second-order valence-corrected chi connectivity index (χ2v) is 3.70. The Balaban J connectivity index is 2.37. The molecule has 88 valence electrons. The van der Waals surface area contributed by atoms with Crippen molar-refractivity contribution < 1.29 is 13.9 Å². The van der Waals surface area contributed by atoms with E-state index in [1.807, 2.05) is 0 Å². The standard InChI is InChI=1S/C13H12FNO2/c1-17-13(16)5-3-11-10-6-7-15-8-9(10)2-4-12(11)14/h2,4,6-8H,3,5H2,1H3. The van der Waals surface area contributed by atoms with Gasteiger partial charge in [-0.2, -0.15) is 0 Å². The Morgan fingerprint density at radius 2 is 2.24 bits per heavy atom. The van der Waals surface area contributed by atoms with Crippen LogP contribution in [0.5, 0.6) is 0 Å². The maximum atomic E-state index is 13.7. The number of halogens is 1. The molecule has 2 aromatic rings. The summed E-state index contributed by atoms with van der Waals surface area (Å²) in [5, 5.41) is 1.66. The molecule has 0 fully saturated rings. The minimum atomic E-state index is -0.338. The van der Waals surface area contributed by atoms with Gasteiger partial charge in [-0.3, -0.25) is 9.78 Å². The number of aromatic nitrogens is 1. The van der Waals surface area contributed by atoms with Crippen molar-refractivity contribution in [2.24, 2.45) is 0 Å². The highest BCUT2D eigenvalue weighted by molar-refractivity contribution is 5.85. The van der Waals surface area contributed by atoms with Gasteiger partial charge in [0.05, 0.1) is 7.11 Å². The van der Waals surface area contributed by atoms with E-state index in [1.165, 1.54) is 13.2 Å². The van der Waals surface area contributed by atoms with Crippen LogP contribution in [0.15, 0.2) is 30.6 Å². The van der Waals surface area contributed by atoms with E-state index in [4.69, 9.17) is 0 Å². The predicted octanol–water partition coefficient (Wildman–Crippen LogP) is 2.48. The first-order valence-corrected chi connectivity index (χ1v) is 5.30. The highest BCUT2D eigenvalue weighted by Crippen LogP contribution is 2.22. The molecule has 3 nitrogen and oxygen atoms in total. The molecule has 0 unspecified atom stereocenters. The fourth-order valence-corrected chi connectivity index (χ4v) is 1.79. The van der Waals surface area contributed by atoms with Crippen LogP contribution in [0.25, 0.3) is 10.8 Å². The number of ether oxygens (including phenoxy) is 1. The summed E-state index contributed by atoms with van der Waals surface area (Å²) in [6.45, 7) is 0. The molecular formula is C13H12FNO2. The molecule has 2 rings (SSSR count). The molecule has 0 saturated heterocycles. The molecule has 0 aliphatic heterocycles.